The van der Waals surface area contributed by atoms with E-state index in [1.807, 2.05) is 42.5 Å². The lowest BCUT2D eigenvalue weighted by atomic mass is 10.0. The van der Waals surface area contributed by atoms with Crippen LogP contribution in [0.2, 0.25) is 5.02 Å². The SMILES string of the molecule is CC(C)c1ccc(S(=O)(=O)N2CCC(Nc3cc(-c4ccccc4Cl)nc4c(Br)cnn34)CC2)cc1. The molecule has 0 bridgehead atoms. The van der Waals surface area contributed by atoms with Gasteiger partial charge in [-0.05, 0) is 58.5 Å². The molecule has 1 aliphatic heterocycles. The summed E-state index contributed by atoms with van der Waals surface area (Å²) in [6.45, 7) is 5.08. The highest BCUT2D eigenvalue weighted by atomic mass is 79.9. The average Bonchev–Trinajstić information content (AvgIpc) is 3.25. The first-order valence-corrected chi connectivity index (χ1v) is 14.5. The maximum absolute atomic E-state index is 13.2. The summed E-state index contributed by atoms with van der Waals surface area (Å²) in [5.74, 6) is 1.14. The number of nitrogens with zero attached hydrogens (tertiary/aromatic N) is 4. The Bertz CT molecular complexity index is 1500. The molecule has 1 aliphatic rings. The molecular formula is C26H27BrClN5O2S. The third kappa shape index (κ3) is 4.89. The Balaban J connectivity index is 1.34. The van der Waals surface area contributed by atoms with Gasteiger partial charge in [0.1, 0.15) is 5.82 Å². The number of halogens is 2. The van der Waals surface area contributed by atoms with Crippen LogP contribution in [0.15, 0.2) is 70.2 Å². The van der Waals surface area contributed by atoms with Crippen LogP contribution in [-0.4, -0.2) is 46.5 Å². The number of piperidine rings is 1. The normalized spacial score (nSPS) is 15.6. The third-order valence-electron chi connectivity index (χ3n) is 6.57. The summed E-state index contributed by atoms with van der Waals surface area (Å²) in [7, 11) is -3.52. The Morgan fingerprint density at radius 2 is 1.78 bits per heavy atom. The summed E-state index contributed by atoms with van der Waals surface area (Å²) in [5, 5.41) is 8.65. The summed E-state index contributed by atoms with van der Waals surface area (Å²) < 4.78 is 30.5. The number of hydrogen-bond donors (Lipinski definition) is 1. The van der Waals surface area contributed by atoms with Crippen molar-refractivity contribution in [2.24, 2.45) is 0 Å². The highest BCUT2D eigenvalue weighted by Gasteiger charge is 2.30. The minimum Gasteiger partial charge on any atom is -0.367 e. The topological polar surface area (TPSA) is 79.6 Å². The molecule has 2 aromatic carbocycles. The van der Waals surface area contributed by atoms with Gasteiger partial charge in [0, 0.05) is 35.8 Å². The molecule has 1 fully saturated rings. The van der Waals surface area contributed by atoms with Crippen molar-refractivity contribution in [3.8, 4) is 11.3 Å². The van der Waals surface area contributed by atoms with Gasteiger partial charge in [-0.2, -0.15) is 13.9 Å². The molecule has 1 N–H and O–H groups in total. The van der Waals surface area contributed by atoms with Crippen LogP contribution in [0.3, 0.4) is 0 Å². The fourth-order valence-corrected chi connectivity index (χ4v) is 6.52. The standard InChI is InChI=1S/C26H27BrClN5O2S/c1-17(2)18-7-9-20(10-8-18)36(34,35)32-13-11-19(12-14-32)30-25-15-24(21-5-3-4-6-23(21)28)31-26-22(27)16-29-33(25)26/h3-10,15-17,19,30H,11-14H2,1-2H3. The van der Waals surface area contributed by atoms with Crippen LogP contribution in [0.25, 0.3) is 16.9 Å². The van der Waals surface area contributed by atoms with Gasteiger partial charge < -0.3 is 5.32 Å². The second-order valence-corrected chi connectivity index (χ2v) is 12.5. The van der Waals surface area contributed by atoms with Gasteiger partial charge in [-0.25, -0.2) is 13.4 Å². The van der Waals surface area contributed by atoms with Crippen molar-refractivity contribution in [1.29, 1.82) is 0 Å². The van der Waals surface area contributed by atoms with Crippen molar-refractivity contribution in [2.75, 3.05) is 18.4 Å². The monoisotopic (exact) mass is 587 g/mol. The van der Waals surface area contributed by atoms with E-state index in [0.29, 0.717) is 47.4 Å². The fraction of sp³-hybridized carbons (Fsp3) is 0.308. The van der Waals surface area contributed by atoms with E-state index in [0.717, 1.165) is 27.1 Å². The molecule has 0 radical (unpaired) electrons. The summed E-state index contributed by atoms with van der Waals surface area (Å²) in [4.78, 5) is 5.10. The predicted molar refractivity (Wildman–Crippen MR) is 147 cm³/mol. The fourth-order valence-electron chi connectivity index (χ4n) is 4.47. The molecule has 0 unspecified atom stereocenters. The zero-order valence-electron chi connectivity index (χ0n) is 20.0. The van der Waals surface area contributed by atoms with Crippen molar-refractivity contribution in [2.45, 2.75) is 43.5 Å². The second kappa shape index (κ2) is 10.1. The van der Waals surface area contributed by atoms with Gasteiger partial charge >= 0.3 is 0 Å². The summed E-state index contributed by atoms with van der Waals surface area (Å²) in [6.07, 6.45) is 3.07. The van der Waals surface area contributed by atoms with Crippen molar-refractivity contribution in [3.63, 3.8) is 0 Å². The lowest BCUT2D eigenvalue weighted by molar-refractivity contribution is 0.329. The van der Waals surface area contributed by atoms with E-state index in [1.54, 1.807) is 27.2 Å². The molecular weight excluding hydrogens is 562 g/mol. The second-order valence-electron chi connectivity index (χ2n) is 9.28. The minimum atomic E-state index is -3.52. The van der Waals surface area contributed by atoms with Crippen LogP contribution in [0.4, 0.5) is 5.82 Å². The first-order valence-electron chi connectivity index (χ1n) is 11.9. The Morgan fingerprint density at radius 1 is 1.08 bits per heavy atom. The Labute approximate surface area is 224 Å². The van der Waals surface area contributed by atoms with Crippen LogP contribution in [0, 0.1) is 0 Å². The molecule has 0 spiro atoms. The van der Waals surface area contributed by atoms with E-state index in [1.165, 1.54) is 0 Å². The van der Waals surface area contributed by atoms with Gasteiger partial charge in [0.25, 0.3) is 0 Å². The number of rotatable bonds is 6. The van der Waals surface area contributed by atoms with Crippen molar-refractivity contribution < 1.29 is 8.42 Å². The molecule has 188 valence electrons. The number of benzene rings is 2. The maximum Gasteiger partial charge on any atom is 0.243 e. The van der Waals surface area contributed by atoms with Crippen LogP contribution in [0.1, 0.15) is 38.2 Å². The molecule has 5 rings (SSSR count). The molecule has 10 heteroatoms. The highest BCUT2D eigenvalue weighted by molar-refractivity contribution is 9.10. The zero-order chi connectivity index (χ0) is 25.4. The Morgan fingerprint density at radius 3 is 2.44 bits per heavy atom. The van der Waals surface area contributed by atoms with Gasteiger partial charge in [0.05, 0.1) is 21.3 Å². The smallest absolute Gasteiger partial charge is 0.243 e. The molecule has 2 aromatic heterocycles. The van der Waals surface area contributed by atoms with E-state index >= 15 is 0 Å². The molecule has 36 heavy (non-hydrogen) atoms. The first kappa shape index (κ1) is 25.2. The van der Waals surface area contributed by atoms with Gasteiger partial charge in [-0.1, -0.05) is 55.8 Å². The van der Waals surface area contributed by atoms with Crippen LogP contribution >= 0.6 is 27.5 Å². The van der Waals surface area contributed by atoms with Gasteiger partial charge in [-0.3, -0.25) is 0 Å². The van der Waals surface area contributed by atoms with Crippen molar-refractivity contribution in [3.05, 3.63) is 75.9 Å². The van der Waals surface area contributed by atoms with Gasteiger partial charge in [-0.15, -0.1) is 0 Å². The molecule has 0 aliphatic carbocycles. The number of nitrogens with one attached hydrogen (secondary N) is 1. The van der Waals surface area contributed by atoms with Crippen molar-refractivity contribution >= 4 is 49.0 Å². The number of anilines is 1. The van der Waals surface area contributed by atoms with Crippen molar-refractivity contribution in [1.82, 2.24) is 18.9 Å². The Hall–Kier alpha value is -2.46. The van der Waals surface area contributed by atoms with E-state index in [9.17, 15) is 8.42 Å². The van der Waals surface area contributed by atoms with Gasteiger partial charge in [0.2, 0.25) is 10.0 Å². The zero-order valence-corrected chi connectivity index (χ0v) is 23.2. The van der Waals surface area contributed by atoms with Crippen LogP contribution in [0.5, 0.6) is 0 Å². The van der Waals surface area contributed by atoms with E-state index in [-0.39, 0.29) is 6.04 Å². The number of hydrogen-bond acceptors (Lipinski definition) is 5. The maximum atomic E-state index is 13.2. The minimum absolute atomic E-state index is 0.0902. The summed E-state index contributed by atoms with van der Waals surface area (Å²) >= 11 is 9.98. The predicted octanol–water partition coefficient (Wildman–Crippen LogP) is 6.20. The molecule has 3 heterocycles. The number of aromatic nitrogens is 3. The lowest BCUT2D eigenvalue weighted by Gasteiger charge is -2.32. The molecule has 1 saturated heterocycles. The molecule has 0 saturated carbocycles. The molecule has 0 atom stereocenters. The average molecular weight is 589 g/mol. The molecule has 4 aromatic rings. The Kier molecular flexibility index (Phi) is 7.09. The van der Waals surface area contributed by atoms with Crippen LogP contribution < -0.4 is 5.32 Å². The van der Waals surface area contributed by atoms with Gasteiger partial charge in [0.15, 0.2) is 5.65 Å². The third-order valence-corrected chi connectivity index (χ3v) is 9.37. The molecule has 7 nitrogen and oxygen atoms in total. The van der Waals surface area contributed by atoms with Crippen LogP contribution in [-0.2, 0) is 10.0 Å². The molecule has 0 amide bonds. The van der Waals surface area contributed by atoms with E-state index in [4.69, 9.17) is 16.6 Å². The summed E-state index contributed by atoms with van der Waals surface area (Å²) in [5.41, 5.74) is 3.38. The number of fused-ring (bicyclic) bond motifs is 1. The highest BCUT2D eigenvalue weighted by Crippen LogP contribution is 2.31. The number of sulfonamides is 1. The van der Waals surface area contributed by atoms with E-state index < -0.39 is 10.0 Å². The summed E-state index contributed by atoms with van der Waals surface area (Å²) in [6, 6.07) is 16.9. The first-order chi connectivity index (χ1) is 17.2. The largest absolute Gasteiger partial charge is 0.367 e. The van der Waals surface area contributed by atoms with E-state index in [2.05, 4.69) is 40.2 Å². The quantitative estimate of drug-likeness (QED) is 0.290. The lowest BCUT2D eigenvalue weighted by Crippen LogP contribution is -2.42.